The molecule has 0 aromatic carbocycles. The number of aliphatic hydroxyl groups excluding tert-OH is 4. The van der Waals surface area contributed by atoms with E-state index in [2.05, 4.69) is 0 Å². The van der Waals surface area contributed by atoms with E-state index in [0.717, 1.165) is 0 Å². The molecule has 0 atom stereocenters. The average molecular weight is 152 g/mol. The molecule has 0 heterocycles. The van der Waals surface area contributed by atoms with Crippen molar-refractivity contribution >= 4 is 0 Å². The van der Waals surface area contributed by atoms with Gasteiger partial charge in [-0.1, -0.05) is 0 Å². The third-order valence-corrected chi connectivity index (χ3v) is 0.632. The van der Waals surface area contributed by atoms with Crippen LogP contribution in [0.3, 0.4) is 0 Å². The van der Waals surface area contributed by atoms with Gasteiger partial charge in [-0.25, -0.2) is 0 Å². The summed E-state index contributed by atoms with van der Waals surface area (Å²) < 4.78 is 0. The van der Waals surface area contributed by atoms with Crippen LogP contribution in [0.25, 0.3) is 0 Å². The summed E-state index contributed by atoms with van der Waals surface area (Å²) in [6.45, 7) is 0.375. The normalized spacial score (nSPS) is 8.40. The minimum atomic E-state index is 0.0938. The SMILES string of the molecule is OCCCO.OCCCO. The Labute approximate surface area is 60.7 Å². The van der Waals surface area contributed by atoms with Gasteiger partial charge in [0, 0.05) is 26.4 Å². The van der Waals surface area contributed by atoms with Crippen molar-refractivity contribution in [1.82, 2.24) is 0 Å². The van der Waals surface area contributed by atoms with Gasteiger partial charge in [-0.05, 0) is 12.8 Å². The van der Waals surface area contributed by atoms with Crippen LogP contribution < -0.4 is 0 Å². The summed E-state index contributed by atoms with van der Waals surface area (Å²) in [5, 5.41) is 31.6. The number of aliphatic hydroxyl groups is 4. The van der Waals surface area contributed by atoms with E-state index in [9.17, 15) is 0 Å². The second-order valence-corrected chi connectivity index (χ2v) is 1.60. The molecule has 0 saturated carbocycles. The zero-order chi connectivity index (χ0) is 8.24. The van der Waals surface area contributed by atoms with Crippen molar-refractivity contribution in [3.05, 3.63) is 0 Å². The molecule has 0 amide bonds. The number of hydrogen-bond acceptors (Lipinski definition) is 4. The van der Waals surface area contributed by atoms with Crippen LogP contribution in [0.4, 0.5) is 0 Å². The maximum Gasteiger partial charge on any atom is 0.0452 e. The number of rotatable bonds is 4. The topological polar surface area (TPSA) is 80.9 Å². The van der Waals surface area contributed by atoms with Crippen molar-refractivity contribution in [2.75, 3.05) is 26.4 Å². The highest BCUT2D eigenvalue weighted by Gasteiger charge is 1.70. The van der Waals surface area contributed by atoms with Crippen LogP contribution in [0.1, 0.15) is 12.8 Å². The van der Waals surface area contributed by atoms with E-state index in [4.69, 9.17) is 20.4 Å². The molecule has 0 aliphatic heterocycles. The van der Waals surface area contributed by atoms with Crippen LogP contribution in [-0.2, 0) is 0 Å². The fourth-order valence-corrected chi connectivity index (χ4v) is 0.141. The molecule has 0 aromatic heterocycles. The van der Waals surface area contributed by atoms with Crippen molar-refractivity contribution in [2.24, 2.45) is 0 Å². The molecular formula is C6H16O4. The summed E-state index contributed by atoms with van der Waals surface area (Å²) in [4.78, 5) is 0. The monoisotopic (exact) mass is 152 g/mol. The van der Waals surface area contributed by atoms with Crippen molar-refractivity contribution in [1.29, 1.82) is 0 Å². The molecule has 0 saturated heterocycles. The molecule has 4 heteroatoms. The lowest BCUT2D eigenvalue weighted by Crippen LogP contribution is -1.85. The van der Waals surface area contributed by atoms with Gasteiger partial charge in [0.05, 0.1) is 0 Å². The van der Waals surface area contributed by atoms with Crippen molar-refractivity contribution in [3.8, 4) is 0 Å². The fraction of sp³-hybridized carbons (Fsp3) is 1.00. The van der Waals surface area contributed by atoms with E-state index >= 15 is 0 Å². The predicted octanol–water partition coefficient (Wildman–Crippen LogP) is -1.28. The van der Waals surface area contributed by atoms with Crippen LogP contribution >= 0.6 is 0 Å². The summed E-state index contributed by atoms with van der Waals surface area (Å²) in [5.74, 6) is 0. The zero-order valence-corrected chi connectivity index (χ0v) is 6.03. The molecule has 0 aliphatic carbocycles. The molecule has 4 N–H and O–H groups in total. The Kier molecular flexibility index (Phi) is 19.9. The van der Waals surface area contributed by atoms with Crippen LogP contribution in [0.15, 0.2) is 0 Å². The van der Waals surface area contributed by atoms with Gasteiger partial charge in [0.25, 0.3) is 0 Å². The van der Waals surface area contributed by atoms with Gasteiger partial charge in [0.1, 0.15) is 0 Å². The molecule has 10 heavy (non-hydrogen) atoms. The van der Waals surface area contributed by atoms with E-state index < -0.39 is 0 Å². The smallest absolute Gasteiger partial charge is 0.0452 e. The summed E-state index contributed by atoms with van der Waals surface area (Å²) in [6, 6.07) is 0. The molecule has 0 aromatic rings. The van der Waals surface area contributed by atoms with Crippen molar-refractivity contribution < 1.29 is 20.4 Å². The van der Waals surface area contributed by atoms with Gasteiger partial charge in [0.2, 0.25) is 0 Å². The lowest BCUT2D eigenvalue weighted by atomic mass is 10.5. The largest absolute Gasteiger partial charge is 0.396 e. The molecule has 0 rings (SSSR count). The molecule has 0 aliphatic rings. The summed E-state index contributed by atoms with van der Waals surface area (Å²) >= 11 is 0. The van der Waals surface area contributed by atoms with Crippen LogP contribution in [-0.4, -0.2) is 46.9 Å². The second-order valence-electron chi connectivity index (χ2n) is 1.60. The number of hydrogen-bond donors (Lipinski definition) is 4. The maximum absolute atomic E-state index is 7.91. The fourth-order valence-electron chi connectivity index (χ4n) is 0.141. The lowest BCUT2D eigenvalue weighted by molar-refractivity contribution is 0.220. The van der Waals surface area contributed by atoms with Gasteiger partial charge < -0.3 is 20.4 Å². The van der Waals surface area contributed by atoms with Gasteiger partial charge >= 0.3 is 0 Å². The highest BCUT2D eigenvalue weighted by molar-refractivity contribution is 4.22. The highest BCUT2D eigenvalue weighted by Crippen LogP contribution is 1.65. The molecule has 0 unspecified atom stereocenters. The Morgan fingerprint density at radius 3 is 0.700 bits per heavy atom. The lowest BCUT2D eigenvalue weighted by Gasteiger charge is -1.79. The third kappa shape index (κ3) is 24.9. The molecule has 0 radical (unpaired) electrons. The Bertz CT molecular complexity index is 30.7. The summed E-state index contributed by atoms with van der Waals surface area (Å²) in [5.41, 5.74) is 0. The molecule has 4 nitrogen and oxygen atoms in total. The van der Waals surface area contributed by atoms with Crippen LogP contribution in [0.5, 0.6) is 0 Å². The first kappa shape index (κ1) is 12.5. The Morgan fingerprint density at radius 2 is 0.700 bits per heavy atom. The molecule has 0 fully saturated rings. The van der Waals surface area contributed by atoms with Gasteiger partial charge in [0.15, 0.2) is 0 Å². The summed E-state index contributed by atoms with van der Waals surface area (Å²) in [7, 11) is 0. The molecule has 0 bridgehead atoms. The van der Waals surface area contributed by atoms with Gasteiger partial charge in [-0.2, -0.15) is 0 Å². The minimum absolute atomic E-state index is 0.0938. The molecule has 64 valence electrons. The van der Waals surface area contributed by atoms with Crippen LogP contribution in [0, 0.1) is 0 Å². The highest BCUT2D eigenvalue weighted by atomic mass is 16.3. The van der Waals surface area contributed by atoms with Gasteiger partial charge in [-0.3, -0.25) is 0 Å². The first-order valence-corrected chi connectivity index (χ1v) is 3.26. The van der Waals surface area contributed by atoms with Crippen molar-refractivity contribution in [3.63, 3.8) is 0 Å². The summed E-state index contributed by atoms with van der Waals surface area (Å²) in [6.07, 6.45) is 1.00. The van der Waals surface area contributed by atoms with Crippen LogP contribution in [0.2, 0.25) is 0 Å². The predicted molar refractivity (Wildman–Crippen MR) is 37.6 cm³/mol. The van der Waals surface area contributed by atoms with E-state index in [0.29, 0.717) is 12.8 Å². The Hall–Kier alpha value is -0.160. The quantitative estimate of drug-likeness (QED) is 0.404. The first-order chi connectivity index (χ1) is 4.83. The first-order valence-electron chi connectivity index (χ1n) is 3.26. The Morgan fingerprint density at radius 1 is 0.500 bits per heavy atom. The minimum Gasteiger partial charge on any atom is -0.396 e. The third-order valence-electron chi connectivity index (χ3n) is 0.632. The standard InChI is InChI=1S/2C3H8O2/c2*4-2-1-3-5/h2*4-5H,1-3H2. The maximum atomic E-state index is 7.91. The van der Waals surface area contributed by atoms with Gasteiger partial charge in [-0.15, -0.1) is 0 Å². The zero-order valence-electron chi connectivity index (χ0n) is 6.03. The van der Waals surface area contributed by atoms with E-state index in [1.165, 1.54) is 0 Å². The van der Waals surface area contributed by atoms with E-state index in [-0.39, 0.29) is 26.4 Å². The average Bonchev–Trinajstić information content (AvgIpc) is 1.93. The molecular weight excluding hydrogens is 136 g/mol. The van der Waals surface area contributed by atoms with Crippen molar-refractivity contribution in [2.45, 2.75) is 12.8 Å². The van der Waals surface area contributed by atoms with E-state index in [1.54, 1.807) is 0 Å². The second kappa shape index (κ2) is 15.9. The Balaban J connectivity index is 0. The van der Waals surface area contributed by atoms with E-state index in [1.807, 2.05) is 0 Å². The molecule has 0 spiro atoms.